The molecule has 1 heterocycles. The molecule has 6 nitrogen and oxygen atoms in total. The quantitative estimate of drug-likeness (QED) is 0.598. The van der Waals surface area contributed by atoms with Gasteiger partial charge in [0.05, 0.1) is 17.9 Å². The smallest absolute Gasteiger partial charge is 0.315 e. The fourth-order valence-electron chi connectivity index (χ4n) is 3.33. The summed E-state index contributed by atoms with van der Waals surface area (Å²) >= 11 is 0. The second-order valence-corrected chi connectivity index (χ2v) is 7.18. The number of urea groups is 1. The summed E-state index contributed by atoms with van der Waals surface area (Å²) in [6, 6.07) is 15.8. The van der Waals surface area contributed by atoms with E-state index in [1.54, 1.807) is 0 Å². The third-order valence-electron chi connectivity index (χ3n) is 4.72. The van der Waals surface area contributed by atoms with E-state index in [4.69, 9.17) is 4.74 Å². The average Bonchev–Trinajstić information content (AvgIpc) is 2.97. The molecule has 1 aromatic heterocycles. The van der Waals surface area contributed by atoms with Crippen LogP contribution in [0.25, 0.3) is 5.69 Å². The van der Waals surface area contributed by atoms with E-state index < -0.39 is 0 Å². The summed E-state index contributed by atoms with van der Waals surface area (Å²) in [6.45, 7) is 9.32. The summed E-state index contributed by atoms with van der Waals surface area (Å²) in [6.07, 6.45) is 0. The van der Waals surface area contributed by atoms with Crippen LogP contribution in [0.1, 0.15) is 28.1 Å². The molecule has 2 aromatic carbocycles. The number of benzene rings is 2. The van der Waals surface area contributed by atoms with E-state index in [2.05, 4.69) is 21.8 Å². The first-order chi connectivity index (χ1) is 13.9. The Kier molecular flexibility index (Phi) is 6.54. The Morgan fingerprint density at radius 1 is 1.00 bits per heavy atom. The molecule has 2 amide bonds. The number of carbonyl (C=O) groups is 1. The van der Waals surface area contributed by atoms with Gasteiger partial charge >= 0.3 is 6.03 Å². The number of aryl methyl sites for hydroxylation is 3. The van der Waals surface area contributed by atoms with Crippen LogP contribution in [0.3, 0.4) is 0 Å². The summed E-state index contributed by atoms with van der Waals surface area (Å²) < 4.78 is 7.62. The number of aromatic nitrogens is 2. The summed E-state index contributed by atoms with van der Waals surface area (Å²) in [7, 11) is 0. The lowest BCUT2D eigenvalue weighted by Gasteiger charge is -2.10. The fraction of sp³-hybridized carbons (Fsp3) is 0.304. The molecule has 0 radical (unpaired) electrons. The van der Waals surface area contributed by atoms with Gasteiger partial charge in [0.15, 0.2) is 0 Å². The van der Waals surface area contributed by atoms with E-state index in [1.165, 1.54) is 0 Å². The Balaban J connectivity index is 1.48. The zero-order valence-electron chi connectivity index (χ0n) is 17.5. The molecule has 3 rings (SSSR count). The van der Waals surface area contributed by atoms with Crippen LogP contribution in [0.15, 0.2) is 48.5 Å². The molecule has 0 saturated carbocycles. The number of rotatable bonds is 7. The maximum atomic E-state index is 12.1. The summed E-state index contributed by atoms with van der Waals surface area (Å²) in [5.74, 6) is 0.823. The van der Waals surface area contributed by atoms with Crippen LogP contribution in [0.4, 0.5) is 4.79 Å². The zero-order valence-corrected chi connectivity index (χ0v) is 17.5. The predicted octanol–water partition coefficient (Wildman–Crippen LogP) is 3.98. The van der Waals surface area contributed by atoms with Crippen LogP contribution in [0.5, 0.6) is 5.75 Å². The van der Waals surface area contributed by atoms with Crippen molar-refractivity contribution in [2.45, 2.75) is 34.2 Å². The van der Waals surface area contributed by atoms with Gasteiger partial charge < -0.3 is 15.4 Å². The van der Waals surface area contributed by atoms with Crippen molar-refractivity contribution in [1.82, 2.24) is 20.4 Å². The molecule has 0 aliphatic rings. The molecular formula is C23H28N4O2. The minimum absolute atomic E-state index is 0.222. The van der Waals surface area contributed by atoms with Crippen molar-refractivity contribution in [1.29, 1.82) is 0 Å². The number of ether oxygens (including phenoxy) is 1. The molecule has 0 atom stereocenters. The maximum absolute atomic E-state index is 12.1. The number of nitrogens with one attached hydrogen (secondary N) is 2. The van der Waals surface area contributed by atoms with Crippen LogP contribution < -0.4 is 15.4 Å². The number of hydrogen-bond donors (Lipinski definition) is 2. The molecule has 152 valence electrons. The molecule has 0 unspecified atom stereocenters. The summed E-state index contributed by atoms with van der Waals surface area (Å²) in [4.78, 5) is 12.1. The van der Waals surface area contributed by atoms with Crippen LogP contribution >= 0.6 is 0 Å². The SMILES string of the molecule is Cc1cc(C)cc(OCCNC(=O)NCc2c(C)nn(-c3ccccc3)c2C)c1. The normalized spacial score (nSPS) is 10.6. The number of nitrogens with zero attached hydrogens (tertiary/aromatic N) is 2. The molecular weight excluding hydrogens is 364 g/mol. The Labute approximate surface area is 171 Å². The van der Waals surface area contributed by atoms with Crippen LogP contribution in [-0.4, -0.2) is 29.0 Å². The lowest BCUT2D eigenvalue weighted by Crippen LogP contribution is -2.37. The Morgan fingerprint density at radius 3 is 2.38 bits per heavy atom. The Morgan fingerprint density at radius 2 is 1.69 bits per heavy atom. The second kappa shape index (κ2) is 9.28. The van der Waals surface area contributed by atoms with E-state index >= 15 is 0 Å². The predicted molar refractivity (Wildman–Crippen MR) is 115 cm³/mol. The van der Waals surface area contributed by atoms with Crippen LogP contribution in [0, 0.1) is 27.7 Å². The molecule has 2 N–H and O–H groups in total. The van der Waals surface area contributed by atoms with Crippen molar-refractivity contribution < 1.29 is 9.53 Å². The zero-order chi connectivity index (χ0) is 20.8. The van der Waals surface area contributed by atoms with E-state index in [0.29, 0.717) is 19.7 Å². The van der Waals surface area contributed by atoms with Gasteiger partial charge in [-0.3, -0.25) is 0 Å². The van der Waals surface area contributed by atoms with Gasteiger partial charge in [-0.15, -0.1) is 0 Å². The van der Waals surface area contributed by atoms with Gasteiger partial charge in [-0.05, 0) is 63.1 Å². The van der Waals surface area contributed by atoms with E-state index in [0.717, 1.165) is 39.5 Å². The molecule has 3 aromatic rings. The van der Waals surface area contributed by atoms with Gasteiger partial charge in [0.2, 0.25) is 0 Å². The molecule has 6 heteroatoms. The Bertz CT molecular complexity index is 960. The van der Waals surface area contributed by atoms with Gasteiger partial charge in [-0.1, -0.05) is 24.3 Å². The van der Waals surface area contributed by atoms with Gasteiger partial charge in [0.1, 0.15) is 12.4 Å². The van der Waals surface area contributed by atoms with Crippen molar-refractivity contribution in [2.24, 2.45) is 0 Å². The number of carbonyl (C=O) groups excluding carboxylic acids is 1. The highest BCUT2D eigenvalue weighted by atomic mass is 16.5. The molecule has 0 spiro atoms. The number of hydrogen-bond acceptors (Lipinski definition) is 3. The molecule has 0 aliphatic heterocycles. The molecule has 0 bridgehead atoms. The minimum Gasteiger partial charge on any atom is -0.492 e. The monoisotopic (exact) mass is 392 g/mol. The third kappa shape index (κ3) is 5.38. The minimum atomic E-state index is -0.222. The van der Waals surface area contributed by atoms with Crippen molar-refractivity contribution in [3.8, 4) is 11.4 Å². The highest BCUT2D eigenvalue weighted by molar-refractivity contribution is 5.73. The summed E-state index contributed by atoms with van der Waals surface area (Å²) in [5, 5.41) is 10.3. The van der Waals surface area contributed by atoms with Crippen molar-refractivity contribution in [3.05, 3.63) is 76.6 Å². The molecule has 0 fully saturated rings. The number of para-hydroxylation sites is 1. The lowest BCUT2D eigenvalue weighted by molar-refractivity contribution is 0.236. The van der Waals surface area contributed by atoms with E-state index in [9.17, 15) is 4.79 Å². The molecule has 0 saturated heterocycles. The van der Waals surface area contributed by atoms with Crippen molar-refractivity contribution in [2.75, 3.05) is 13.2 Å². The second-order valence-electron chi connectivity index (χ2n) is 7.18. The van der Waals surface area contributed by atoms with Crippen molar-refractivity contribution >= 4 is 6.03 Å². The van der Waals surface area contributed by atoms with Gasteiger partial charge in [-0.25, -0.2) is 9.48 Å². The van der Waals surface area contributed by atoms with Gasteiger partial charge in [0.25, 0.3) is 0 Å². The third-order valence-corrected chi connectivity index (χ3v) is 4.72. The molecule has 29 heavy (non-hydrogen) atoms. The average molecular weight is 393 g/mol. The van der Waals surface area contributed by atoms with E-state index in [-0.39, 0.29) is 6.03 Å². The first-order valence-electron chi connectivity index (χ1n) is 9.77. The highest BCUT2D eigenvalue weighted by Crippen LogP contribution is 2.18. The van der Waals surface area contributed by atoms with Gasteiger partial charge in [-0.2, -0.15) is 5.10 Å². The Hall–Kier alpha value is -3.28. The van der Waals surface area contributed by atoms with Gasteiger partial charge in [0, 0.05) is 17.8 Å². The van der Waals surface area contributed by atoms with Crippen LogP contribution in [-0.2, 0) is 6.54 Å². The maximum Gasteiger partial charge on any atom is 0.315 e. The van der Waals surface area contributed by atoms with E-state index in [1.807, 2.05) is 74.8 Å². The highest BCUT2D eigenvalue weighted by Gasteiger charge is 2.13. The fourth-order valence-corrected chi connectivity index (χ4v) is 3.33. The standard InChI is InChI=1S/C23H28N4O2/c1-16-12-17(2)14-21(13-16)29-11-10-24-23(28)25-15-22-18(3)26-27(19(22)4)20-8-6-5-7-9-20/h5-9,12-14H,10-11,15H2,1-4H3,(H2,24,25,28). The first kappa shape index (κ1) is 20.5. The number of amides is 2. The topological polar surface area (TPSA) is 68.2 Å². The lowest BCUT2D eigenvalue weighted by atomic mass is 10.1. The van der Waals surface area contributed by atoms with Crippen molar-refractivity contribution in [3.63, 3.8) is 0 Å². The first-order valence-corrected chi connectivity index (χ1v) is 9.77. The largest absolute Gasteiger partial charge is 0.492 e. The molecule has 0 aliphatic carbocycles. The summed E-state index contributed by atoms with van der Waals surface area (Å²) in [5.41, 5.74) is 6.28. The van der Waals surface area contributed by atoms with Crippen LogP contribution in [0.2, 0.25) is 0 Å².